The molecule has 240 valence electrons. The van der Waals surface area contributed by atoms with Crippen LogP contribution in [-0.4, -0.2) is 97.7 Å². The summed E-state index contributed by atoms with van der Waals surface area (Å²) in [6.45, 7) is 6.22. The molecular formula is C31H43N5O8. The van der Waals surface area contributed by atoms with Crippen LogP contribution in [0.5, 0.6) is 0 Å². The topological polar surface area (TPSA) is 168 Å². The number of ether oxygens (including phenoxy) is 3. The molecule has 4 aliphatic rings. The zero-order valence-corrected chi connectivity index (χ0v) is 25.4. The Morgan fingerprint density at radius 1 is 1.05 bits per heavy atom. The number of nitrogens with one attached hydrogen (secondary N) is 4. The molecule has 0 aromatic heterocycles. The van der Waals surface area contributed by atoms with Crippen LogP contribution in [-0.2, 0) is 46.4 Å². The molecule has 4 atom stereocenters. The molecular weight excluding hydrogens is 570 g/mol. The number of carbonyl (C=O) groups excluding carboxylic acids is 5. The first-order chi connectivity index (χ1) is 21.1. The molecule has 4 amide bonds. The lowest BCUT2D eigenvalue weighted by Crippen LogP contribution is -2.57. The van der Waals surface area contributed by atoms with Gasteiger partial charge in [0.1, 0.15) is 24.3 Å². The summed E-state index contributed by atoms with van der Waals surface area (Å²) < 4.78 is 15.8. The number of hydrogen-bond acceptors (Lipinski definition) is 9. The number of anilines is 1. The molecule has 1 saturated carbocycles. The second-order valence-electron chi connectivity index (χ2n) is 12.5. The number of benzene rings is 1. The SMILES string of the molecule is C[C@H](NC(=O)CN1CCOCC1)C(=O)NC(Cc1ccc2c(c1)COC(=O)N2)C(=O)N[C@@H](CC1CCCC1)C(=O)[C@]1(C)CO1. The van der Waals surface area contributed by atoms with Gasteiger partial charge < -0.3 is 30.2 Å². The first-order valence-electron chi connectivity index (χ1n) is 15.5. The summed E-state index contributed by atoms with van der Waals surface area (Å²) in [5.74, 6) is -1.14. The van der Waals surface area contributed by atoms with Crippen LogP contribution in [0.4, 0.5) is 10.5 Å². The van der Waals surface area contributed by atoms with Gasteiger partial charge in [0, 0.05) is 25.1 Å². The van der Waals surface area contributed by atoms with Gasteiger partial charge in [0.05, 0.1) is 38.1 Å². The van der Waals surface area contributed by atoms with E-state index in [4.69, 9.17) is 14.2 Å². The average Bonchev–Trinajstić information content (AvgIpc) is 3.54. The van der Waals surface area contributed by atoms with Crippen molar-refractivity contribution in [3.05, 3.63) is 29.3 Å². The fraction of sp³-hybridized carbons (Fsp3) is 0.645. The van der Waals surface area contributed by atoms with Crippen LogP contribution in [0.25, 0.3) is 0 Å². The molecule has 4 N–H and O–H groups in total. The lowest BCUT2D eigenvalue weighted by molar-refractivity contribution is -0.134. The first kappa shape index (κ1) is 31.9. The van der Waals surface area contributed by atoms with Crippen LogP contribution in [0, 0.1) is 5.92 Å². The number of epoxide rings is 1. The monoisotopic (exact) mass is 613 g/mol. The van der Waals surface area contributed by atoms with Gasteiger partial charge in [0.15, 0.2) is 5.78 Å². The number of fused-ring (bicyclic) bond motifs is 1. The number of Topliss-reactive ketones (excluding diaryl/α,β-unsaturated/α-hetero) is 1. The van der Waals surface area contributed by atoms with Gasteiger partial charge >= 0.3 is 6.09 Å². The Hall–Kier alpha value is -3.55. The van der Waals surface area contributed by atoms with Crippen molar-refractivity contribution in [2.24, 2.45) is 5.92 Å². The van der Waals surface area contributed by atoms with Crippen LogP contribution in [0.1, 0.15) is 57.1 Å². The van der Waals surface area contributed by atoms with E-state index in [9.17, 15) is 24.0 Å². The van der Waals surface area contributed by atoms with E-state index in [1.54, 1.807) is 26.0 Å². The zero-order chi connectivity index (χ0) is 31.3. The predicted molar refractivity (Wildman–Crippen MR) is 159 cm³/mol. The van der Waals surface area contributed by atoms with E-state index in [2.05, 4.69) is 21.3 Å². The molecule has 5 rings (SSSR count). The summed E-state index contributed by atoms with van der Waals surface area (Å²) in [7, 11) is 0. The van der Waals surface area contributed by atoms with Crippen LogP contribution < -0.4 is 21.3 Å². The van der Waals surface area contributed by atoms with E-state index < -0.39 is 41.6 Å². The largest absolute Gasteiger partial charge is 0.444 e. The van der Waals surface area contributed by atoms with Crippen LogP contribution >= 0.6 is 0 Å². The normalized spacial score (nSPS) is 23.7. The minimum absolute atomic E-state index is 0.0843. The number of cyclic esters (lactones) is 1. The highest BCUT2D eigenvalue weighted by atomic mass is 16.6. The van der Waals surface area contributed by atoms with Gasteiger partial charge in [-0.2, -0.15) is 0 Å². The molecule has 3 heterocycles. The van der Waals surface area contributed by atoms with Crippen molar-refractivity contribution in [2.45, 2.75) is 82.7 Å². The highest BCUT2D eigenvalue weighted by Gasteiger charge is 2.50. The van der Waals surface area contributed by atoms with Crippen molar-refractivity contribution < 1.29 is 38.2 Å². The summed E-state index contributed by atoms with van der Waals surface area (Å²) in [6.07, 6.45) is 4.32. The van der Waals surface area contributed by atoms with Gasteiger partial charge in [-0.05, 0) is 37.8 Å². The summed E-state index contributed by atoms with van der Waals surface area (Å²) in [5.41, 5.74) is 1.18. The van der Waals surface area contributed by atoms with E-state index >= 15 is 0 Å². The molecule has 1 aromatic carbocycles. The van der Waals surface area contributed by atoms with E-state index in [1.807, 2.05) is 11.0 Å². The van der Waals surface area contributed by atoms with Crippen molar-refractivity contribution in [1.29, 1.82) is 0 Å². The maximum absolute atomic E-state index is 13.9. The number of morpholine rings is 1. The molecule has 0 spiro atoms. The van der Waals surface area contributed by atoms with Crippen molar-refractivity contribution in [3.8, 4) is 0 Å². The quantitative estimate of drug-likeness (QED) is 0.238. The first-order valence-corrected chi connectivity index (χ1v) is 15.5. The minimum atomic E-state index is -1.04. The number of nitrogens with zero attached hydrogens (tertiary/aromatic N) is 1. The maximum Gasteiger partial charge on any atom is 0.411 e. The number of amides is 4. The van der Waals surface area contributed by atoms with Gasteiger partial charge in [-0.15, -0.1) is 0 Å². The van der Waals surface area contributed by atoms with Crippen molar-refractivity contribution in [1.82, 2.24) is 20.9 Å². The second-order valence-corrected chi connectivity index (χ2v) is 12.5. The van der Waals surface area contributed by atoms with Crippen LogP contribution in [0.3, 0.4) is 0 Å². The van der Waals surface area contributed by atoms with Gasteiger partial charge in [-0.25, -0.2) is 4.79 Å². The summed E-state index contributed by atoms with van der Waals surface area (Å²) in [5, 5.41) is 11.1. The number of hydrogen-bond donors (Lipinski definition) is 4. The molecule has 1 unspecified atom stereocenters. The van der Waals surface area contributed by atoms with E-state index in [1.165, 1.54) is 0 Å². The minimum Gasteiger partial charge on any atom is -0.444 e. The third kappa shape index (κ3) is 8.33. The molecule has 44 heavy (non-hydrogen) atoms. The number of rotatable bonds is 13. The lowest BCUT2D eigenvalue weighted by Gasteiger charge is -2.28. The molecule has 0 radical (unpaired) electrons. The molecule has 0 bridgehead atoms. The molecule has 1 aromatic rings. The second kappa shape index (κ2) is 14.0. The van der Waals surface area contributed by atoms with Crippen molar-refractivity contribution in [3.63, 3.8) is 0 Å². The molecule has 13 nitrogen and oxygen atoms in total. The van der Waals surface area contributed by atoms with E-state index in [0.29, 0.717) is 50.9 Å². The van der Waals surface area contributed by atoms with E-state index in [-0.39, 0.29) is 31.3 Å². The fourth-order valence-electron chi connectivity index (χ4n) is 6.06. The number of ketones is 1. The highest BCUT2D eigenvalue weighted by molar-refractivity contribution is 5.98. The summed E-state index contributed by atoms with van der Waals surface area (Å²) in [6, 6.07) is 2.63. The summed E-state index contributed by atoms with van der Waals surface area (Å²) >= 11 is 0. The Labute approximate surface area is 257 Å². The molecule has 3 aliphatic heterocycles. The van der Waals surface area contributed by atoms with Gasteiger partial charge in [-0.3, -0.25) is 29.4 Å². The van der Waals surface area contributed by atoms with Gasteiger partial charge in [0.25, 0.3) is 0 Å². The Bertz CT molecular complexity index is 1260. The van der Waals surface area contributed by atoms with Crippen molar-refractivity contribution >= 4 is 35.3 Å². The Balaban J connectivity index is 1.29. The maximum atomic E-state index is 13.9. The predicted octanol–water partition coefficient (Wildman–Crippen LogP) is 1.04. The number of carbonyl (C=O) groups is 5. The van der Waals surface area contributed by atoms with E-state index in [0.717, 1.165) is 36.8 Å². The third-order valence-corrected chi connectivity index (χ3v) is 8.85. The molecule has 3 fully saturated rings. The van der Waals surface area contributed by atoms with Gasteiger partial charge in [0.2, 0.25) is 17.7 Å². The standard InChI is InChI=1S/C31H43N5O8/c1-19(32-26(37)16-36-9-11-42-12-10-36)28(39)34-25(15-21-7-8-23-22(13-21)17-43-30(41)35-23)29(40)33-24(14-20-5-3-4-6-20)27(38)31(2)18-44-31/h7-8,13,19-20,24-25H,3-6,9-12,14-18H2,1-2H3,(H,32,37)(H,33,40)(H,34,39)(H,35,41)/t19-,24-,25?,31-/m0/s1. The molecule has 13 heteroatoms. The Morgan fingerprint density at radius 2 is 1.75 bits per heavy atom. The average molecular weight is 614 g/mol. The van der Waals surface area contributed by atoms with Gasteiger partial charge in [-0.1, -0.05) is 37.8 Å². The highest BCUT2D eigenvalue weighted by Crippen LogP contribution is 2.33. The van der Waals surface area contributed by atoms with Crippen LogP contribution in [0.2, 0.25) is 0 Å². The zero-order valence-electron chi connectivity index (χ0n) is 25.4. The lowest BCUT2D eigenvalue weighted by atomic mass is 9.90. The third-order valence-electron chi connectivity index (χ3n) is 8.85. The van der Waals surface area contributed by atoms with Crippen molar-refractivity contribution in [2.75, 3.05) is 44.8 Å². The Morgan fingerprint density at radius 3 is 2.45 bits per heavy atom. The molecule has 2 saturated heterocycles. The fourth-order valence-corrected chi connectivity index (χ4v) is 6.06. The molecule has 1 aliphatic carbocycles. The summed E-state index contributed by atoms with van der Waals surface area (Å²) in [4.78, 5) is 66.8. The smallest absolute Gasteiger partial charge is 0.411 e. The van der Waals surface area contributed by atoms with Crippen LogP contribution in [0.15, 0.2) is 18.2 Å². The Kier molecular flexibility index (Phi) is 10.2.